The third kappa shape index (κ3) is 23.0. The number of rotatable bonds is 24. The van der Waals surface area contributed by atoms with E-state index in [2.05, 4.69) is 238 Å². The molecule has 106 heavy (non-hydrogen) atoms. The molecule has 0 unspecified atom stereocenters. The van der Waals surface area contributed by atoms with Gasteiger partial charge in [-0.15, -0.1) is 0 Å². The predicted octanol–water partition coefficient (Wildman–Crippen LogP) is 12.9. The molecule has 546 valence electrons. The maximum absolute atomic E-state index is 10.2. The van der Waals surface area contributed by atoms with Crippen molar-refractivity contribution in [2.24, 2.45) is 11.3 Å². The number of anilines is 8. The van der Waals surface area contributed by atoms with E-state index in [-0.39, 0.29) is 41.9 Å². The largest absolute Gasteiger partial charge is 0.393 e. The lowest BCUT2D eigenvalue weighted by molar-refractivity contribution is 0.00926. The van der Waals surface area contributed by atoms with Gasteiger partial charge in [0.05, 0.1) is 54.7 Å². The van der Waals surface area contributed by atoms with Gasteiger partial charge >= 0.3 is 0 Å². The van der Waals surface area contributed by atoms with E-state index in [1.807, 2.05) is 24.3 Å². The van der Waals surface area contributed by atoms with Gasteiger partial charge in [-0.05, 0) is 167 Å². The number of aryl methyl sites for hydroxylation is 2. The second-order valence-corrected chi connectivity index (χ2v) is 28.6. The molecule has 0 amide bonds. The molecule has 4 fully saturated rings. The monoisotopic (exact) mass is 1420 g/mol. The van der Waals surface area contributed by atoms with Crippen molar-refractivity contribution in [3.63, 3.8) is 0 Å². The number of hydrogen-bond donors (Lipinski definition) is 11. The minimum atomic E-state index is -0.294. The van der Waals surface area contributed by atoms with E-state index in [9.17, 15) is 36.4 Å². The highest BCUT2D eigenvalue weighted by Gasteiger charge is 2.36. The van der Waals surface area contributed by atoms with Crippen LogP contribution in [0.5, 0.6) is 0 Å². The van der Waals surface area contributed by atoms with Gasteiger partial charge in [-0.3, -0.25) is 0 Å². The molecular weight excluding hydrogens is 1330 g/mol. The van der Waals surface area contributed by atoms with Crippen LogP contribution >= 0.6 is 0 Å². The van der Waals surface area contributed by atoms with Crippen LogP contribution in [0.1, 0.15) is 153 Å². The van der Waals surface area contributed by atoms with Crippen LogP contribution in [0, 0.1) is 81.8 Å². The third-order valence-electron chi connectivity index (χ3n) is 19.6. The summed E-state index contributed by atoms with van der Waals surface area (Å²) in [6.45, 7) is 13.4. The number of nitriles is 5. The SMILES string of the molecule is CC1(C)C[C@H](Nc2nc(NCCc3cccc4ccccc34)ncc2C#N)CC[C@@H]1O.CC1CCC(Nc2nc(NCCc3ccc(C#N)cc3)ncc2C#N)CC1.Cc1cccc(CCNc2ncc(C#N)c(NC3CC(O)C3)n2)c1.Cc1cccc(CCNc2ncc(C#N)c(NC3CC(O)C3)n2)c1. The molecule has 4 aliphatic carbocycles. The standard InChI is InChI=1S/C25H29N5O.C21H24N6.2C18H21N5O/c1-25(2)14-20(10-11-22(25)31)29-23-19(15-26)16-28-24(30-23)27-13-12-18-8-5-7-17-6-3-4-9-21(17)18;1-15-2-8-19(9-3-15)26-20-18(13-23)14-25-21(27-20)24-11-10-16-4-6-17(12-22)7-5-16;2*1-12-3-2-4-13(7-12)5-6-20-18-21-11-14(10-19)17(23-18)22-15-8-16(24)9-15/h3-9,16,20,22,31H,10-14H2,1-2H3,(H2,27,28,29,30);4-7,14-15,19H,2-3,8-11H2,1H3,(H2,24,25,26,27);2*2-4,7,11,15-16,24H,5-6,8-9H2,1H3,(H2,20,21,22,23)/t20-,22+;;;/m1.../s1. The van der Waals surface area contributed by atoms with Crippen molar-refractivity contribution in [3.8, 4) is 30.3 Å². The number of aliphatic hydroxyl groups is 3. The molecular formula is C82H95N21O3. The lowest BCUT2D eigenvalue weighted by atomic mass is 9.73. The van der Waals surface area contributed by atoms with Crippen molar-refractivity contribution in [1.82, 2.24) is 39.9 Å². The molecule has 0 saturated heterocycles. The summed E-state index contributed by atoms with van der Waals surface area (Å²) in [4.78, 5) is 34.8. The summed E-state index contributed by atoms with van der Waals surface area (Å²) in [5.41, 5.74) is 9.69. The molecule has 11 N–H and O–H groups in total. The van der Waals surface area contributed by atoms with Gasteiger partial charge in [0, 0.05) is 50.3 Å². The highest BCUT2D eigenvalue weighted by Crippen LogP contribution is 2.37. The topological polar surface area (TPSA) is 379 Å². The van der Waals surface area contributed by atoms with E-state index in [0.717, 1.165) is 82.4 Å². The van der Waals surface area contributed by atoms with Crippen molar-refractivity contribution in [1.29, 1.82) is 26.3 Å². The summed E-state index contributed by atoms with van der Waals surface area (Å²) in [7, 11) is 0. The number of aliphatic hydroxyl groups excluding tert-OH is 3. The first kappa shape index (κ1) is 77.0. The Balaban J connectivity index is 0.000000152. The minimum absolute atomic E-state index is 0.157. The Morgan fingerprint density at radius 1 is 0.425 bits per heavy atom. The Morgan fingerprint density at radius 3 is 1.25 bits per heavy atom. The molecule has 24 nitrogen and oxygen atoms in total. The zero-order valence-corrected chi connectivity index (χ0v) is 61.0. The predicted molar refractivity (Wildman–Crippen MR) is 415 cm³/mol. The van der Waals surface area contributed by atoms with Crippen LogP contribution in [0.3, 0.4) is 0 Å². The highest BCUT2D eigenvalue weighted by molar-refractivity contribution is 5.85. The Bertz CT molecular complexity index is 4460. The molecule has 5 aromatic carbocycles. The lowest BCUT2D eigenvalue weighted by Gasteiger charge is -2.40. The minimum Gasteiger partial charge on any atom is -0.393 e. The van der Waals surface area contributed by atoms with E-state index in [0.29, 0.717) is 120 Å². The van der Waals surface area contributed by atoms with E-state index >= 15 is 0 Å². The van der Waals surface area contributed by atoms with E-state index in [1.165, 1.54) is 63.8 Å². The van der Waals surface area contributed by atoms with Crippen molar-refractivity contribution < 1.29 is 15.3 Å². The van der Waals surface area contributed by atoms with Gasteiger partial charge in [-0.1, -0.05) is 135 Å². The van der Waals surface area contributed by atoms with Gasteiger partial charge in [0.15, 0.2) is 0 Å². The summed E-state index contributed by atoms with van der Waals surface area (Å²) in [5, 5.41) is 104. The number of benzene rings is 5. The van der Waals surface area contributed by atoms with Crippen LogP contribution in [0.15, 0.2) is 140 Å². The van der Waals surface area contributed by atoms with Crippen LogP contribution in [0.2, 0.25) is 0 Å². The van der Waals surface area contributed by atoms with Crippen LogP contribution in [0.4, 0.5) is 47.1 Å². The average molecular weight is 1420 g/mol. The molecule has 4 saturated carbocycles. The van der Waals surface area contributed by atoms with Crippen LogP contribution in [-0.4, -0.2) is 124 Å². The van der Waals surface area contributed by atoms with Gasteiger partial charge in [0.1, 0.15) is 69.8 Å². The summed E-state index contributed by atoms with van der Waals surface area (Å²) in [6.07, 6.45) is 18.6. The van der Waals surface area contributed by atoms with Crippen LogP contribution in [-0.2, 0) is 25.7 Å². The van der Waals surface area contributed by atoms with E-state index in [1.54, 1.807) is 12.4 Å². The number of nitrogens with zero attached hydrogens (tertiary/aromatic N) is 13. The fourth-order valence-electron chi connectivity index (χ4n) is 13.2. The van der Waals surface area contributed by atoms with Crippen LogP contribution < -0.4 is 42.5 Å². The second kappa shape index (κ2) is 38.3. The second-order valence-electron chi connectivity index (χ2n) is 28.6. The molecule has 0 radical (unpaired) electrons. The summed E-state index contributed by atoms with van der Waals surface area (Å²) < 4.78 is 0. The molecule has 0 bridgehead atoms. The first-order valence-corrected chi connectivity index (χ1v) is 36.6. The molecule has 4 heterocycles. The summed E-state index contributed by atoms with van der Waals surface area (Å²) >= 11 is 0. The fraction of sp³-hybridized carbons (Fsp3) is 0.402. The average Bonchev–Trinajstić information content (AvgIpc) is 0.829. The number of nitrogens with one attached hydrogen (secondary N) is 8. The maximum Gasteiger partial charge on any atom is 0.224 e. The van der Waals surface area contributed by atoms with Crippen molar-refractivity contribution in [3.05, 3.63) is 201 Å². The fourth-order valence-corrected chi connectivity index (χ4v) is 13.2. The first-order valence-electron chi connectivity index (χ1n) is 36.6. The van der Waals surface area contributed by atoms with Gasteiger partial charge in [0.2, 0.25) is 23.8 Å². The smallest absolute Gasteiger partial charge is 0.224 e. The quantitative estimate of drug-likeness (QED) is 0.0268. The summed E-state index contributed by atoms with van der Waals surface area (Å²) in [6, 6.07) is 50.6. The molecule has 0 aliphatic heterocycles. The van der Waals surface area contributed by atoms with Crippen molar-refractivity contribution in [2.75, 3.05) is 68.7 Å². The highest BCUT2D eigenvalue weighted by atomic mass is 16.3. The van der Waals surface area contributed by atoms with E-state index < -0.39 is 0 Å². The molecule has 13 rings (SSSR count). The third-order valence-corrected chi connectivity index (χ3v) is 19.6. The first-order chi connectivity index (χ1) is 51.4. The zero-order chi connectivity index (χ0) is 74.8. The Kier molecular flexibility index (Phi) is 27.8. The molecule has 9 aromatic rings. The molecule has 2 atom stereocenters. The number of aromatic nitrogens is 8. The van der Waals surface area contributed by atoms with Gasteiger partial charge in [-0.2, -0.15) is 46.2 Å². The maximum atomic E-state index is 10.2. The van der Waals surface area contributed by atoms with Crippen LogP contribution in [0.25, 0.3) is 10.8 Å². The van der Waals surface area contributed by atoms with Gasteiger partial charge < -0.3 is 57.9 Å². The number of hydrogen-bond acceptors (Lipinski definition) is 24. The van der Waals surface area contributed by atoms with Crippen molar-refractivity contribution in [2.45, 2.75) is 173 Å². The zero-order valence-electron chi connectivity index (χ0n) is 61.0. The molecule has 24 heteroatoms. The van der Waals surface area contributed by atoms with Gasteiger partial charge in [0.25, 0.3) is 0 Å². The van der Waals surface area contributed by atoms with Crippen molar-refractivity contribution >= 4 is 57.8 Å². The molecule has 4 aliphatic rings. The normalized spacial score (nSPS) is 19.4. The molecule has 0 spiro atoms. The Morgan fingerprint density at radius 2 is 0.821 bits per heavy atom. The number of fused-ring (bicyclic) bond motifs is 1. The lowest BCUT2D eigenvalue weighted by Crippen LogP contribution is -2.41. The molecule has 4 aromatic heterocycles. The Hall–Kier alpha value is -11.6. The van der Waals surface area contributed by atoms with Gasteiger partial charge in [-0.25, -0.2) is 19.9 Å². The Labute approximate surface area is 621 Å². The summed E-state index contributed by atoms with van der Waals surface area (Å²) in [5.74, 6) is 5.06. The van der Waals surface area contributed by atoms with E-state index in [4.69, 9.17) is 5.26 Å².